The van der Waals surface area contributed by atoms with Crippen LogP contribution in [0.15, 0.2) is 24.3 Å². The van der Waals surface area contributed by atoms with Gasteiger partial charge in [-0.15, -0.1) is 0 Å². The number of halogens is 1. The third-order valence-corrected chi connectivity index (χ3v) is 3.50. The molecule has 1 aliphatic rings. The third-order valence-electron chi connectivity index (χ3n) is 2.78. The Morgan fingerprint density at radius 2 is 1.73 bits per heavy atom. The van der Waals surface area contributed by atoms with Crippen LogP contribution >= 0.6 is 22.6 Å². The highest BCUT2D eigenvalue weighted by atomic mass is 127. The first kappa shape index (κ1) is 11.4. The molecule has 3 heteroatoms. The molecular formula is C12H17IN2. The van der Waals surface area contributed by atoms with Crippen LogP contribution in [-0.2, 0) is 6.54 Å². The number of nitrogens with one attached hydrogen (secondary N) is 1. The Morgan fingerprint density at radius 3 is 2.40 bits per heavy atom. The van der Waals surface area contributed by atoms with Crippen LogP contribution in [0.2, 0.25) is 0 Å². The number of benzene rings is 1. The van der Waals surface area contributed by atoms with Crippen molar-refractivity contribution in [1.82, 2.24) is 10.4 Å². The summed E-state index contributed by atoms with van der Waals surface area (Å²) >= 11 is 2.34. The molecule has 0 aliphatic carbocycles. The molecule has 1 aromatic rings. The number of nitrogens with zero attached hydrogens (tertiary/aromatic N) is 1. The predicted octanol–water partition coefficient (Wildman–Crippen LogP) is 2.78. The van der Waals surface area contributed by atoms with Crippen molar-refractivity contribution in [2.45, 2.75) is 25.8 Å². The maximum atomic E-state index is 3.49. The molecule has 0 amide bonds. The Balaban J connectivity index is 1.79. The van der Waals surface area contributed by atoms with Gasteiger partial charge in [-0.1, -0.05) is 18.6 Å². The lowest BCUT2D eigenvalue weighted by atomic mass is 10.2. The van der Waals surface area contributed by atoms with Crippen molar-refractivity contribution in [1.29, 1.82) is 0 Å². The molecular weight excluding hydrogens is 299 g/mol. The first-order chi connectivity index (χ1) is 7.34. The number of hydrogen-bond acceptors (Lipinski definition) is 2. The van der Waals surface area contributed by atoms with Gasteiger partial charge in [0.05, 0.1) is 0 Å². The van der Waals surface area contributed by atoms with Crippen molar-refractivity contribution in [3.05, 3.63) is 33.4 Å². The van der Waals surface area contributed by atoms with Crippen molar-refractivity contribution in [3.63, 3.8) is 0 Å². The van der Waals surface area contributed by atoms with Crippen molar-refractivity contribution in [3.8, 4) is 0 Å². The smallest absolute Gasteiger partial charge is 0.0353 e. The van der Waals surface area contributed by atoms with Crippen molar-refractivity contribution in [2.75, 3.05) is 13.1 Å². The van der Waals surface area contributed by atoms with Crippen LogP contribution < -0.4 is 5.43 Å². The molecule has 0 spiro atoms. The molecule has 2 rings (SSSR count). The molecule has 1 fully saturated rings. The normalized spacial score (nSPS) is 17.9. The van der Waals surface area contributed by atoms with Crippen molar-refractivity contribution < 1.29 is 0 Å². The molecule has 1 N–H and O–H groups in total. The lowest BCUT2D eigenvalue weighted by molar-refractivity contribution is 0.151. The summed E-state index contributed by atoms with van der Waals surface area (Å²) in [6, 6.07) is 8.71. The molecule has 1 heterocycles. The van der Waals surface area contributed by atoms with Gasteiger partial charge in [0.15, 0.2) is 0 Å². The Hall–Kier alpha value is -0.130. The van der Waals surface area contributed by atoms with E-state index in [1.54, 1.807) is 0 Å². The highest BCUT2D eigenvalue weighted by molar-refractivity contribution is 14.1. The standard InChI is InChI=1S/C12H17IN2/c13-12-6-4-11(5-7-12)10-14-15-8-2-1-3-9-15/h4-7,14H,1-3,8-10H2. The molecule has 1 aliphatic heterocycles. The number of piperidine rings is 1. The van der Waals surface area contributed by atoms with E-state index in [9.17, 15) is 0 Å². The summed E-state index contributed by atoms with van der Waals surface area (Å²) in [6.07, 6.45) is 4.06. The van der Waals surface area contributed by atoms with Gasteiger partial charge in [-0.05, 0) is 53.1 Å². The molecule has 0 atom stereocenters. The zero-order valence-electron chi connectivity index (χ0n) is 8.88. The SMILES string of the molecule is Ic1ccc(CNN2CCCCC2)cc1. The summed E-state index contributed by atoms with van der Waals surface area (Å²) in [5.41, 5.74) is 4.85. The van der Waals surface area contributed by atoms with E-state index in [4.69, 9.17) is 0 Å². The predicted molar refractivity (Wildman–Crippen MR) is 71.4 cm³/mol. The van der Waals surface area contributed by atoms with Crippen LogP contribution in [0.1, 0.15) is 24.8 Å². The third kappa shape index (κ3) is 3.74. The molecule has 0 saturated carbocycles. The number of rotatable bonds is 3. The van der Waals surface area contributed by atoms with E-state index in [1.807, 2.05) is 0 Å². The topological polar surface area (TPSA) is 15.3 Å². The lowest BCUT2D eigenvalue weighted by Gasteiger charge is -2.27. The highest BCUT2D eigenvalue weighted by Crippen LogP contribution is 2.09. The quantitative estimate of drug-likeness (QED) is 0.863. The van der Waals surface area contributed by atoms with Crippen molar-refractivity contribution >= 4 is 22.6 Å². The van der Waals surface area contributed by atoms with Gasteiger partial charge < -0.3 is 0 Å². The minimum Gasteiger partial charge on any atom is -0.251 e. The van der Waals surface area contributed by atoms with Crippen LogP contribution in [0, 0.1) is 3.57 Å². The van der Waals surface area contributed by atoms with E-state index in [0.29, 0.717) is 0 Å². The van der Waals surface area contributed by atoms with E-state index < -0.39 is 0 Å². The molecule has 15 heavy (non-hydrogen) atoms. The lowest BCUT2D eigenvalue weighted by Crippen LogP contribution is -2.41. The van der Waals surface area contributed by atoms with Gasteiger partial charge in [-0.25, -0.2) is 5.01 Å². The molecule has 0 aromatic heterocycles. The Kier molecular flexibility index (Phi) is 4.41. The van der Waals surface area contributed by atoms with Crippen molar-refractivity contribution in [2.24, 2.45) is 0 Å². The van der Waals surface area contributed by atoms with Crippen LogP contribution in [0.3, 0.4) is 0 Å². The maximum absolute atomic E-state index is 3.49. The zero-order chi connectivity index (χ0) is 10.5. The summed E-state index contributed by atoms with van der Waals surface area (Å²) in [4.78, 5) is 0. The van der Waals surface area contributed by atoms with E-state index in [0.717, 1.165) is 6.54 Å². The fourth-order valence-electron chi connectivity index (χ4n) is 1.86. The Morgan fingerprint density at radius 1 is 1.07 bits per heavy atom. The number of hydrazine groups is 1. The molecule has 0 radical (unpaired) electrons. The van der Waals surface area contributed by atoms with Gasteiger partial charge >= 0.3 is 0 Å². The molecule has 82 valence electrons. The van der Waals surface area contributed by atoms with E-state index in [-0.39, 0.29) is 0 Å². The maximum Gasteiger partial charge on any atom is 0.0353 e. The average Bonchev–Trinajstić information content (AvgIpc) is 2.30. The molecule has 1 aromatic carbocycles. The van der Waals surface area contributed by atoms with Crippen LogP contribution in [0.4, 0.5) is 0 Å². The van der Waals surface area contributed by atoms with Gasteiger partial charge in [0, 0.05) is 23.2 Å². The van der Waals surface area contributed by atoms with Gasteiger partial charge in [0.1, 0.15) is 0 Å². The van der Waals surface area contributed by atoms with E-state index in [1.165, 1.54) is 41.5 Å². The van der Waals surface area contributed by atoms with Gasteiger partial charge in [0.2, 0.25) is 0 Å². The number of hydrogen-bond donors (Lipinski definition) is 1. The van der Waals surface area contributed by atoms with Crippen LogP contribution in [-0.4, -0.2) is 18.1 Å². The van der Waals surface area contributed by atoms with Gasteiger partial charge in [-0.3, -0.25) is 5.43 Å². The van der Waals surface area contributed by atoms with Gasteiger partial charge in [-0.2, -0.15) is 0 Å². The van der Waals surface area contributed by atoms with Crippen LogP contribution in [0.25, 0.3) is 0 Å². The summed E-state index contributed by atoms with van der Waals surface area (Å²) in [5, 5.41) is 2.35. The zero-order valence-corrected chi connectivity index (χ0v) is 11.0. The second kappa shape index (κ2) is 5.82. The Bertz CT molecular complexity index is 291. The summed E-state index contributed by atoms with van der Waals surface area (Å²) in [6.45, 7) is 3.35. The summed E-state index contributed by atoms with van der Waals surface area (Å²) in [5.74, 6) is 0. The monoisotopic (exact) mass is 316 g/mol. The molecule has 0 unspecified atom stereocenters. The van der Waals surface area contributed by atoms with Crippen LogP contribution in [0.5, 0.6) is 0 Å². The largest absolute Gasteiger partial charge is 0.251 e. The fourth-order valence-corrected chi connectivity index (χ4v) is 2.22. The minimum absolute atomic E-state index is 0.955. The minimum atomic E-state index is 0.955. The first-order valence-corrected chi connectivity index (χ1v) is 6.65. The molecule has 1 saturated heterocycles. The first-order valence-electron chi connectivity index (χ1n) is 5.57. The Labute approximate surface area is 105 Å². The average molecular weight is 316 g/mol. The fraction of sp³-hybridized carbons (Fsp3) is 0.500. The van der Waals surface area contributed by atoms with E-state index >= 15 is 0 Å². The summed E-state index contributed by atoms with van der Waals surface area (Å²) < 4.78 is 1.30. The highest BCUT2D eigenvalue weighted by Gasteiger charge is 2.08. The van der Waals surface area contributed by atoms with Gasteiger partial charge in [0.25, 0.3) is 0 Å². The molecule has 0 bridgehead atoms. The molecule has 2 nitrogen and oxygen atoms in total. The second-order valence-electron chi connectivity index (χ2n) is 4.01. The van der Waals surface area contributed by atoms with E-state index in [2.05, 4.69) is 57.3 Å². The second-order valence-corrected chi connectivity index (χ2v) is 5.25. The summed E-state index contributed by atoms with van der Waals surface area (Å²) in [7, 11) is 0.